The van der Waals surface area contributed by atoms with Crippen molar-refractivity contribution in [1.29, 1.82) is 0 Å². The lowest BCUT2D eigenvalue weighted by molar-refractivity contribution is 0.0996. The van der Waals surface area contributed by atoms with E-state index in [1.807, 2.05) is 56.3 Å². The maximum atomic E-state index is 12.1. The number of nitrogens with two attached hydrogens (primary N) is 1. The highest BCUT2D eigenvalue weighted by Gasteiger charge is 2.17. The van der Waals surface area contributed by atoms with Crippen molar-refractivity contribution in [2.24, 2.45) is 5.73 Å². The van der Waals surface area contributed by atoms with Crippen molar-refractivity contribution in [2.75, 3.05) is 17.7 Å². The second-order valence-electron chi connectivity index (χ2n) is 7.18. The summed E-state index contributed by atoms with van der Waals surface area (Å²) in [7, 11) is 1.64. The smallest absolute Gasteiger partial charge is 0.271 e. The molecule has 0 spiro atoms. The van der Waals surface area contributed by atoms with Crippen LogP contribution in [0, 0.1) is 6.92 Å². The predicted octanol–water partition coefficient (Wildman–Crippen LogP) is 4.42. The number of rotatable bonds is 8. The molecule has 164 valence electrons. The Hall–Kier alpha value is -3.72. The Bertz CT molecular complexity index is 1270. The van der Waals surface area contributed by atoms with Gasteiger partial charge in [0.05, 0.1) is 28.0 Å². The summed E-state index contributed by atoms with van der Waals surface area (Å²) in [6.45, 7) is 4.48. The summed E-state index contributed by atoms with van der Waals surface area (Å²) < 4.78 is 6.25. The van der Waals surface area contributed by atoms with Gasteiger partial charge in [-0.1, -0.05) is 19.1 Å². The highest BCUT2D eigenvalue weighted by Crippen LogP contribution is 2.28. The van der Waals surface area contributed by atoms with Gasteiger partial charge in [-0.15, -0.1) is 11.3 Å². The third-order valence-corrected chi connectivity index (χ3v) is 5.85. The van der Waals surface area contributed by atoms with E-state index in [-0.39, 0.29) is 5.69 Å². The first-order valence-corrected chi connectivity index (χ1v) is 11.0. The summed E-state index contributed by atoms with van der Waals surface area (Å²) in [5.41, 5.74) is 9.17. The number of carbonyl (C=O) groups excluding carboxylic acids is 1. The molecule has 0 aliphatic carbocycles. The van der Waals surface area contributed by atoms with E-state index >= 15 is 0 Å². The quantitative estimate of drug-likeness (QED) is 0.365. The number of hydrogen-bond acceptors (Lipinski definition) is 8. The van der Waals surface area contributed by atoms with Crippen molar-refractivity contribution < 1.29 is 9.53 Å². The number of carbonyl (C=O) groups is 1. The average Bonchev–Trinajstić information content (AvgIpc) is 3.17. The molecular formula is C23H24N6O2S. The number of thiazole rings is 1. The summed E-state index contributed by atoms with van der Waals surface area (Å²) in [5.74, 6) is 1.08. The Labute approximate surface area is 189 Å². The first kappa shape index (κ1) is 21.5. The Morgan fingerprint density at radius 1 is 1.09 bits per heavy atom. The number of ether oxygens (including phenoxy) is 1. The molecule has 0 aliphatic rings. The molecule has 2 heterocycles. The molecule has 4 N–H and O–H groups in total. The van der Waals surface area contributed by atoms with E-state index in [1.54, 1.807) is 18.4 Å². The lowest BCUT2D eigenvalue weighted by Crippen LogP contribution is -2.19. The molecule has 32 heavy (non-hydrogen) atoms. The number of nitrogens with one attached hydrogen (secondary N) is 2. The van der Waals surface area contributed by atoms with Gasteiger partial charge in [-0.05, 0) is 49.2 Å². The van der Waals surface area contributed by atoms with Crippen LogP contribution in [0.15, 0.2) is 42.5 Å². The molecule has 0 saturated carbocycles. The van der Waals surface area contributed by atoms with Crippen LogP contribution in [0.5, 0.6) is 5.75 Å². The number of benzene rings is 2. The van der Waals surface area contributed by atoms with Crippen LogP contribution in [0.4, 0.5) is 17.3 Å². The Balaban J connectivity index is 1.64. The van der Waals surface area contributed by atoms with Crippen LogP contribution in [-0.2, 0) is 13.0 Å². The minimum atomic E-state index is -0.633. The van der Waals surface area contributed by atoms with Gasteiger partial charge in [0.25, 0.3) is 5.91 Å². The Kier molecular flexibility index (Phi) is 6.18. The van der Waals surface area contributed by atoms with E-state index in [9.17, 15) is 4.79 Å². The number of aromatic nitrogens is 3. The van der Waals surface area contributed by atoms with Crippen LogP contribution in [0.25, 0.3) is 10.2 Å². The summed E-state index contributed by atoms with van der Waals surface area (Å²) in [6, 6.07) is 13.6. The van der Waals surface area contributed by atoms with Crippen LogP contribution >= 0.6 is 11.3 Å². The second kappa shape index (κ2) is 9.19. The highest BCUT2D eigenvalue weighted by atomic mass is 32.1. The van der Waals surface area contributed by atoms with E-state index < -0.39 is 5.91 Å². The van der Waals surface area contributed by atoms with Gasteiger partial charge in [0.15, 0.2) is 17.3 Å². The number of fused-ring (bicyclic) bond motifs is 1. The monoisotopic (exact) mass is 448 g/mol. The van der Waals surface area contributed by atoms with Gasteiger partial charge in [0.2, 0.25) is 0 Å². The normalized spacial score (nSPS) is 10.8. The molecule has 1 amide bonds. The topological polar surface area (TPSA) is 115 Å². The minimum absolute atomic E-state index is 0.109. The predicted molar refractivity (Wildman–Crippen MR) is 128 cm³/mol. The van der Waals surface area contributed by atoms with Crippen LogP contribution in [0.1, 0.15) is 33.7 Å². The SMILES string of the molecule is CCc1nc(C(N)=O)c(Nc2ccc3nc(C)sc3c2)nc1NCc1ccc(OC)cc1. The second-order valence-corrected chi connectivity index (χ2v) is 8.41. The first-order valence-electron chi connectivity index (χ1n) is 10.2. The van der Waals surface area contributed by atoms with Crippen LogP contribution in [0.2, 0.25) is 0 Å². The minimum Gasteiger partial charge on any atom is -0.497 e. The zero-order valence-electron chi connectivity index (χ0n) is 18.1. The number of hydrogen-bond donors (Lipinski definition) is 3. The standard InChI is InChI=1S/C23H24N6O2S/c1-4-17-22(25-12-14-5-8-16(31-3)9-6-14)29-23(20(28-17)21(24)30)27-15-7-10-18-19(11-15)32-13(2)26-18/h5-11H,4,12H2,1-3H3,(H2,24,30)(H2,25,27,29). The molecule has 2 aromatic heterocycles. The van der Waals surface area contributed by atoms with Crippen molar-refractivity contribution in [2.45, 2.75) is 26.8 Å². The maximum Gasteiger partial charge on any atom is 0.271 e. The molecule has 2 aromatic carbocycles. The summed E-state index contributed by atoms with van der Waals surface area (Å²) in [4.78, 5) is 25.7. The molecule has 0 fully saturated rings. The van der Waals surface area contributed by atoms with Crippen molar-refractivity contribution in [1.82, 2.24) is 15.0 Å². The molecule has 0 radical (unpaired) electrons. The van der Waals surface area contributed by atoms with Crippen molar-refractivity contribution >= 4 is 44.8 Å². The van der Waals surface area contributed by atoms with E-state index in [2.05, 4.69) is 25.6 Å². The van der Waals surface area contributed by atoms with Gasteiger partial charge in [0.1, 0.15) is 5.75 Å². The van der Waals surface area contributed by atoms with Crippen molar-refractivity contribution in [3.63, 3.8) is 0 Å². The maximum absolute atomic E-state index is 12.1. The molecule has 4 aromatic rings. The Morgan fingerprint density at radius 2 is 1.88 bits per heavy atom. The fraction of sp³-hybridized carbons (Fsp3) is 0.217. The average molecular weight is 449 g/mol. The fourth-order valence-electron chi connectivity index (χ4n) is 3.30. The molecule has 4 rings (SSSR count). The van der Waals surface area contributed by atoms with Gasteiger partial charge in [-0.25, -0.2) is 15.0 Å². The van der Waals surface area contributed by atoms with Crippen LogP contribution in [0.3, 0.4) is 0 Å². The van der Waals surface area contributed by atoms with Gasteiger partial charge >= 0.3 is 0 Å². The zero-order chi connectivity index (χ0) is 22.7. The largest absolute Gasteiger partial charge is 0.497 e. The number of primary amides is 1. The molecular weight excluding hydrogens is 424 g/mol. The third-order valence-electron chi connectivity index (χ3n) is 4.91. The molecule has 0 aliphatic heterocycles. The van der Waals surface area contributed by atoms with Crippen molar-refractivity contribution in [3.8, 4) is 5.75 Å². The number of amides is 1. The first-order chi connectivity index (χ1) is 15.5. The summed E-state index contributed by atoms with van der Waals surface area (Å²) in [5, 5.41) is 7.53. The number of anilines is 3. The number of nitrogens with zero attached hydrogens (tertiary/aromatic N) is 3. The molecule has 9 heteroatoms. The summed E-state index contributed by atoms with van der Waals surface area (Å²) >= 11 is 1.60. The van der Waals surface area contributed by atoms with Crippen LogP contribution in [-0.4, -0.2) is 28.0 Å². The van der Waals surface area contributed by atoms with E-state index in [4.69, 9.17) is 10.5 Å². The molecule has 0 unspecified atom stereocenters. The fourth-order valence-corrected chi connectivity index (χ4v) is 4.17. The van der Waals surface area contributed by atoms with E-state index in [1.165, 1.54) is 0 Å². The summed E-state index contributed by atoms with van der Waals surface area (Å²) in [6.07, 6.45) is 0.602. The number of aryl methyl sites for hydroxylation is 2. The lowest BCUT2D eigenvalue weighted by atomic mass is 10.2. The highest BCUT2D eigenvalue weighted by molar-refractivity contribution is 7.18. The van der Waals surface area contributed by atoms with E-state index in [0.29, 0.717) is 30.3 Å². The van der Waals surface area contributed by atoms with Gasteiger partial charge in [-0.3, -0.25) is 4.79 Å². The molecule has 0 bridgehead atoms. The van der Waals surface area contributed by atoms with Gasteiger partial charge < -0.3 is 21.1 Å². The van der Waals surface area contributed by atoms with Crippen LogP contribution < -0.4 is 21.1 Å². The zero-order valence-corrected chi connectivity index (χ0v) is 18.9. The lowest BCUT2D eigenvalue weighted by Gasteiger charge is -2.15. The molecule has 0 saturated heterocycles. The number of methoxy groups -OCH3 is 1. The van der Waals surface area contributed by atoms with Gasteiger partial charge in [0, 0.05) is 12.2 Å². The van der Waals surface area contributed by atoms with Crippen molar-refractivity contribution in [3.05, 3.63) is 64.4 Å². The molecule has 8 nitrogen and oxygen atoms in total. The third kappa shape index (κ3) is 4.62. The Morgan fingerprint density at radius 3 is 2.56 bits per heavy atom. The van der Waals surface area contributed by atoms with E-state index in [0.717, 1.165) is 32.2 Å². The van der Waals surface area contributed by atoms with Gasteiger partial charge in [-0.2, -0.15) is 0 Å². The molecule has 0 atom stereocenters.